The van der Waals surface area contributed by atoms with Gasteiger partial charge >= 0.3 is 0 Å². The summed E-state index contributed by atoms with van der Waals surface area (Å²) in [5.74, 6) is -0.266. The summed E-state index contributed by atoms with van der Waals surface area (Å²) in [4.78, 5) is 24.1. The quantitative estimate of drug-likeness (QED) is 0.903. The van der Waals surface area contributed by atoms with Gasteiger partial charge < -0.3 is 10.1 Å². The molecule has 1 atom stereocenters. The third kappa shape index (κ3) is 3.32. The number of amides is 1. The Balaban J connectivity index is 1.75. The van der Waals surface area contributed by atoms with Crippen molar-refractivity contribution >= 4 is 5.91 Å². The van der Waals surface area contributed by atoms with Crippen LogP contribution in [0.3, 0.4) is 0 Å². The van der Waals surface area contributed by atoms with Crippen LogP contribution in [0.25, 0.3) is 0 Å². The first kappa shape index (κ1) is 15.4. The third-order valence-corrected chi connectivity index (χ3v) is 4.04. The number of benzene rings is 1. The zero-order valence-corrected chi connectivity index (χ0v) is 13.0. The van der Waals surface area contributed by atoms with Gasteiger partial charge in [-0.2, -0.15) is 5.10 Å². The lowest BCUT2D eigenvalue weighted by molar-refractivity contribution is 0.0928. The average Bonchev–Trinajstić information content (AvgIpc) is 2.97. The van der Waals surface area contributed by atoms with Crippen molar-refractivity contribution in [3.8, 4) is 0 Å². The molecule has 6 nitrogen and oxygen atoms in total. The summed E-state index contributed by atoms with van der Waals surface area (Å²) >= 11 is 0. The van der Waals surface area contributed by atoms with Crippen LogP contribution >= 0.6 is 0 Å². The summed E-state index contributed by atoms with van der Waals surface area (Å²) in [5, 5.41) is 7.13. The molecule has 1 N–H and O–H groups in total. The van der Waals surface area contributed by atoms with Crippen LogP contribution in [0, 0.1) is 0 Å². The second-order valence-electron chi connectivity index (χ2n) is 5.54. The molecule has 2 aromatic rings. The first-order chi connectivity index (χ1) is 11.2. The first-order valence-electron chi connectivity index (χ1n) is 7.65. The van der Waals surface area contributed by atoms with Gasteiger partial charge in [0, 0.05) is 13.2 Å². The molecule has 6 heteroatoms. The maximum Gasteiger partial charge on any atom is 0.272 e. The molecule has 0 aliphatic heterocycles. The van der Waals surface area contributed by atoms with Gasteiger partial charge in [-0.1, -0.05) is 24.3 Å². The second-order valence-corrected chi connectivity index (χ2v) is 5.54. The van der Waals surface area contributed by atoms with Crippen molar-refractivity contribution in [1.29, 1.82) is 0 Å². The van der Waals surface area contributed by atoms with E-state index in [1.165, 1.54) is 22.4 Å². The largest absolute Gasteiger partial charge is 0.383 e. The topological polar surface area (TPSA) is 73.2 Å². The molecule has 1 aliphatic rings. The van der Waals surface area contributed by atoms with Crippen molar-refractivity contribution in [2.24, 2.45) is 0 Å². The number of rotatable bonds is 5. The van der Waals surface area contributed by atoms with Gasteiger partial charge in [-0.3, -0.25) is 9.59 Å². The average molecular weight is 313 g/mol. The van der Waals surface area contributed by atoms with Gasteiger partial charge in [-0.25, -0.2) is 4.68 Å². The predicted molar refractivity (Wildman–Crippen MR) is 85.3 cm³/mol. The van der Waals surface area contributed by atoms with E-state index in [2.05, 4.69) is 16.5 Å². The molecule has 1 unspecified atom stereocenters. The van der Waals surface area contributed by atoms with Crippen molar-refractivity contribution in [1.82, 2.24) is 15.1 Å². The zero-order valence-electron chi connectivity index (χ0n) is 13.0. The number of carbonyl (C=O) groups excluding carboxylic acids is 1. The standard InChI is InChI=1S/C17H19N3O3/c1-23-11-10-20-16(21)9-8-15(19-20)17(22)18-14-7-6-12-4-2-3-5-13(12)14/h2-5,8-9,14H,6-7,10-11H2,1H3,(H,18,22). The Hall–Kier alpha value is -2.47. The monoisotopic (exact) mass is 313 g/mol. The van der Waals surface area contributed by atoms with Crippen LogP contribution in [0.4, 0.5) is 0 Å². The number of aryl methyl sites for hydroxylation is 1. The number of methoxy groups -OCH3 is 1. The van der Waals surface area contributed by atoms with Gasteiger partial charge in [-0.05, 0) is 30.0 Å². The van der Waals surface area contributed by atoms with Gasteiger partial charge in [0.05, 0.1) is 19.2 Å². The van der Waals surface area contributed by atoms with E-state index in [1.807, 2.05) is 18.2 Å². The molecule has 120 valence electrons. The Bertz CT molecular complexity index is 770. The number of carbonyl (C=O) groups is 1. The van der Waals surface area contributed by atoms with E-state index in [-0.39, 0.29) is 23.2 Å². The van der Waals surface area contributed by atoms with Crippen LogP contribution < -0.4 is 10.9 Å². The Morgan fingerprint density at radius 3 is 3.00 bits per heavy atom. The smallest absolute Gasteiger partial charge is 0.272 e. The number of hydrogen-bond donors (Lipinski definition) is 1. The predicted octanol–water partition coefficient (Wildman–Crippen LogP) is 1.31. The summed E-state index contributed by atoms with van der Waals surface area (Å²) in [6.07, 6.45) is 1.84. The molecular weight excluding hydrogens is 294 g/mol. The molecular formula is C17H19N3O3. The molecule has 1 amide bonds. The fourth-order valence-corrected chi connectivity index (χ4v) is 2.85. The molecule has 1 aliphatic carbocycles. The highest BCUT2D eigenvalue weighted by Crippen LogP contribution is 2.30. The molecule has 0 saturated heterocycles. The van der Waals surface area contributed by atoms with Crippen LogP contribution in [0.1, 0.15) is 34.1 Å². The Kier molecular flexibility index (Phi) is 4.52. The van der Waals surface area contributed by atoms with E-state index in [0.29, 0.717) is 13.2 Å². The summed E-state index contributed by atoms with van der Waals surface area (Å²) in [6.45, 7) is 0.691. The van der Waals surface area contributed by atoms with Gasteiger partial charge in [0.15, 0.2) is 0 Å². The number of hydrogen-bond acceptors (Lipinski definition) is 4. The molecule has 1 aromatic carbocycles. The van der Waals surface area contributed by atoms with Crippen LogP contribution in [-0.4, -0.2) is 29.4 Å². The fraction of sp³-hybridized carbons (Fsp3) is 0.353. The van der Waals surface area contributed by atoms with E-state index in [0.717, 1.165) is 18.4 Å². The van der Waals surface area contributed by atoms with E-state index >= 15 is 0 Å². The first-order valence-corrected chi connectivity index (χ1v) is 7.65. The van der Waals surface area contributed by atoms with Crippen molar-refractivity contribution < 1.29 is 9.53 Å². The van der Waals surface area contributed by atoms with Gasteiger partial charge in [0.1, 0.15) is 5.69 Å². The Morgan fingerprint density at radius 1 is 1.35 bits per heavy atom. The highest BCUT2D eigenvalue weighted by atomic mass is 16.5. The minimum atomic E-state index is -0.266. The maximum atomic E-state index is 12.4. The molecule has 0 saturated carbocycles. The normalized spacial score (nSPS) is 16.1. The Morgan fingerprint density at radius 2 is 2.17 bits per heavy atom. The molecule has 1 heterocycles. The highest BCUT2D eigenvalue weighted by molar-refractivity contribution is 5.92. The summed E-state index contributed by atoms with van der Waals surface area (Å²) in [7, 11) is 1.55. The molecule has 0 bridgehead atoms. The number of nitrogens with one attached hydrogen (secondary N) is 1. The SMILES string of the molecule is COCCn1nc(C(=O)NC2CCc3ccccc32)ccc1=O. The molecule has 23 heavy (non-hydrogen) atoms. The summed E-state index contributed by atoms with van der Waals surface area (Å²) < 4.78 is 6.20. The molecule has 3 rings (SSSR count). The number of aromatic nitrogens is 2. The summed E-state index contributed by atoms with van der Waals surface area (Å²) in [5.41, 5.74) is 2.43. The van der Waals surface area contributed by atoms with Crippen molar-refractivity contribution in [3.63, 3.8) is 0 Å². The Labute approximate surface area is 134 Å². The lowest BCUT2D eigenvalue weighted by Crippen LogP contribution is -2.32. The maximum absolute atomic E-state index is 12.4. The van der Waals surface area contributed by atoms with Gasteiger partial charge in [-0.15, -0.1) is 0 Å². The second kappa shape index (κ2) is 6.75. The minimum Gasteiger partial charge on any atom is -0.383 e. The van der Waals surface area contributed by atoms with E-state index in [4.69, 9.17) is 4.74 Å². The van der Waals surface area contributed by atoms with E-state index in [9.17, 15) is 9.59 Å². The molecule has 0 radical (unpaired) electrons. The lowest BCUT2D eigenvalue weighted by Gasteiger charge is -2.14. The summed E-state index contributed by atoms with van der Waals surface area (Å²) in [6, 6.07) is 10.9. The van der Waals surface area contributed by atoms with Crippen molar-refractivity contribution in [2.45, 2.75) is 25.4 Å². The third-order valence-electron chi connectivity index (χ3n) is 4.04. The van der Waals surface area contributed by atoms with Gasteiger partial charge in [0.25, 0.3) is 11.5 Å². The number of nitrogens with zero attached hydrogens (tertiary/aromatic N) is 2. The number of fused-ring (bicyclic) bond motifs is 1. The minimum absolute atomic E-state index is 0.000136. The van der Waals surface area contributed by atoms with Crippen LogP contribution in [0.15, 0.2) is 41.2 Å². The molecule has 1 aromatic heterocycles. The van der Waals surface area contributed by atoms with E-state index < -0.39 is 0 Å². The van der Waals surface area contributed by atoms with Gasteiger partial charge in [0.2, 0.25) is 0 Å². The molecule has 0 spiro atoms. The highest BCUT2D eigenvalue weighted by Gasteiger charge is 2.24. The van der Waals surface area contributed by atoms with Crippen molar-refractivity contribution in [3.05, 3.63) is 63.6 Å². The number of ether oxygens (including phenoxy) is 1. The lowest BCUT2D eigenvalue weighted by atomic mass is 10.1. The fourth-order valence-electron chi connectivity index (χ4n) is 2.85. The zero-order chi connectivity index (χ0) is 16.2. The molecule has 0 fully saturated rings. The van der Waals surface area contributed by atoms with Crippen LogP contribution in [0.5, 0.6) is 0 Å². The van der Waals surface area contributed by atoms with Crippen LogP contribution in [-0.2, 0) is 17.7 Å². The van der Waals surface area contributed by atoms with Crippen molar-refractivity contribution in [2.75, 3.05) is 13.7 Å². The van der Waals surface area contributed by atoms with Crippen LogP contribution in [0.2, 0.25) is 0 Å². The van der Waals surface area contributed by atoms with E-state index in [1.54, 1.807) is 7.11 Å².